The van der Waals surface area contributed by atoms with Gasteiger partial charge in [0, 0.05) is 28.5 Å². The smallest absolute Gasteiger partial charge is 0.430 e. The maximum absolute atomic E-state index is 15.0. The molecule has 3 rings (SSSR count). The molecule has 1 atom stereocenters. The van der Waals surface area contributed by atoms with Crippen LogP contribution in [0.15, 0.2) is 65.7 Å². The number of rotatable bonds is 6. The van der Waals surface area contributed by atoms with Crippen molar-refractivity contribution >= 4 is 15.9 Å². The summed E-state index contributed by atoms with van der Waals surface area (Å²) in [6.45, 7) is -0.779. The molecule has 0 fully saturated rings. The number of imidazole rings is 1. The number of benzene rings is 2. The third-order valence-electron chi connectivity index (χ3n) is 3.89. The molecule has 1 unspecified atom stereocenters. The van der Waals surface area contributed by atoms with Crippen LogP contribution >= 0.6 is 15.9 Å². The van der Waals surface area contributed by atoms with E-state index in [1.165, 1.54) is 43.0 Å². The third kappa shape index (κ3) is 3.98. The van der Waals surface area contributed by atoms with E-state index < -0.39 is 35.5 Å². The quantitative estimate of drug-likeness (QED) is 0.570. The van der Waals surface area contributed by atoms with Crippen molar-refractivity contribution in [3.63, 3.8) is 0 Å². The fourth-order valence-corrected chi connectivity index (χ4v) is 2.80. The van der Waals surface area contributed by atoms with Gasteiger partial charge >= 0.3 is 6.11 Å². The van der Waals surface area contributed by atoms with Gasteiger partial charge < -0.3 is 14.4 Å². The minimum absolute atomic E-state index is 0.241. The van der Waals surface area contributed by atoms with Gasteiger partial charge in [0.1, 0.15) is 17.4 Å². The van der Waals surface area contributed by atoms with Crippen molar-refractivity contribution in [2.24, 2.45) is 0 Å². The predicted molar refractivity (Wildman–Crippen MR) is 92.2 cm³/mol. The lowest BCUT2D eigenvalue weighted by Gasteiger charge is -2.36. The highest BCUT2D eigenvalue weighted by Crippen LogP contribution is 2.42. The van der Waals surface area contributed by atoms with Crippen LogP contribution in [-0.2, 0) is 12.1 Å². The van der Waals surface area contributed by atoms with Gasteiger partial charge in [-0.1, -0.05) is 15.9 Å². The number of alkyl halides is 2. The van der Waals surface area contributed by atoms with E-state index in [1.54, 1.807) is 0 Å². The van der Waals surface area contributed by atoms with Gasteiger partial charge in [0.05, 0.1) is 12.9 Å². The molecule has 27 heavy (non-hydrogen) atoms. The highest BCUT2D eigenvalue weighted by molar-refractivity contribution is 9.10. The molecule has 1 aromatic heterocycles. The Morgan fingerprint density at radius 3 is 2.41 bits per heavy atom. The maximum Gasteiger partial charge on any atom is 0.433 e. The summed E-state index contributed by atoms with van der Waals surface area (Å²) in [5.41, 5.74) is -3.95. The first kappa shape index (κ1) is 19.4. The number of aromatic nitrogens is 2. The fraction of sp³-hybridized carbons (Fsp3) is 0.167. The fourth-order valence-electron chi connectivity index (χ4n) is 2.54. The molecule has 0 saturated carbocycles. The monoisotopic (exact) mass is 444 g/mol. The summed E-state index contributed by atoms with van der Waals surface area (Å²) in [6, 6.07) is 7.43. The van der Waals surface area contributed by atoms with Crippen LogP contribution in [-0.4, -0.2) is 20.8 Å². The summed E-state index contributed by atoms with van der Waals surface area (Å²) in [5.74, 6) is -2.52. The van der Waals surface area contributed by atoms with Gasteiger partial charge in [0.15, 0.2) is 0 Å². The second-order valence-electron chi connectivity index (χ2n) is 5.79. The zero-order valence-electron chi connectivity index (χ0n) is 13.6. The molecule has 1 heterocycles. The van der Waals surface area contributed by atoms with Gasteiger partial charge in [0.25, 0.3) is 0 Å². The van der Waals surface area contributed by atoms with E-state index in [9.17, 15) is 13.9 Å². The van der Waals surface area contributed by atoms with Crippen LogP contribution in [0.5, 0.6) is 5.75 Å². The largest absolute Gasteiger partial charge is 0.433 e. The van der Waals surface area contributed by atoms with E-state index in [1.807, 2.05) is 0 Å². The lowest BCUT2D eigenvalue weighted by molar-refractivity contribution is -0.300. The van der Waals surface area contributed by atoms with Gasteiger partial charge in [-0.05, 0) is 36.4 Å². The Bertz CT molecular complexity index is 920. The van der Waals surface area contributed by atoms with Crippen LogP contribution in [0.4, 0.5) is 17.6 Å². The first-order valence-corrected chi connectivity index (χ1v) is 8.47. The van der Waals surface area contributed by atoms with Gasteiger partial charge in [-0.25, -0.2) is 13.8 Å². The Hall–Kier alpha value is -2.39. The molecule has 9 heteroatoms. The summed E-state index contributed by atoms with van der Waals surface area (Å²) < 4.78 is 64.1. The minimum Gasteiger partial charge on any atom is -0.430 e. The maximum atomic E-state index is 15.0. The Kier molecular flexibility index (Phi) is 5.25. The van der Waals surface area contributed by atoms with Crippen molar-refractivity contribution in [3.05, 3.63) is 82.9 Å². The van der Waals surface area contributed by atoms with Gasteiger partial charge in [-0.2, -0.15) is 8.78 Å². The average Bonchev–Trinajstić information content (AvgIpc) is 3.09. The number of aliphatic hydroxyl groups is 1. The Morgan fingerprint density at radius 1 is 1.11 bits per heavy atom. The zero-order valence-corrected chi connectivity index (χ0v) is 15.2. The number of hydrogen-bond donors (Lipinski definition) is 1. The Morgan fingerprint density at radius 2 is 1.81 bits per heavy atom. The van der Waals surface area contributed by atoms with Crippen LogP contribution in [0.1, 0.15) is 5.56 Å². The molecule has 0 spiro atoms. The minimum atomic E-state index is -4.26. The van der Waals surface area contributed by atoms with E-state index >= 15 is 8.78 Å². The molecular formula is C18H13BrF4N2O2. The lowest BCUT2D eigenvalue weighted by atomic mass is 9.91. The van der Waals surface area contributed by atoms with Gasteiger partial charge in [-0.3, -0.25) is 0 Å². The molecule has 4 nitrogen and oxygen atoms in total. The number of halogens is 5. The number of ether oxygens (including phenoxy) is 1. The Balaban J connectivity index is 2.05. The van der Waals surface area contributed by atoms with Crippen LogP contribution in [0.2, 0.25) is 0 Å². The molecule has 0 aliphatic rings. The highest BCUT2D eigenvalue weighted by atomic mass is 79.9. The SMILES string of the molecule is OC(Cn1ccnc1)(c1ccc(F)cc1F)C(F)(F)Oc1ccc(Br)cc1. The van der Waals surface area contributed by atoms with Crippen LogP contribution < -0.4 is 4.74 Å². The third-order valence-corrected chi connectivity index (χ3v) is 4.42. The molecule has 3 aromatic rings. The number of nitrogens with zero attached hydrogens (tertiary/aromatic N) is 2. The zero-order chi connectivity index (χ0) is 19.7. The van der Waals surface area contributed by atoms with Crippen LogP contribution in [0, 0.1) is 11.6 Å². The second-order valence-corrected chi connectivity index (χ2v) is 6.71. The van der Waals surface area contributed by atoms with E-state index in [0.717, 1.165) is 16.7 Å². The van der Waals surface area contributed by atoms with Crippen molar-refractivity contribution in [3.8, 4) is 5.75 Å². The summed E-state index contributed by atoms with van der Waals surface area (Å²) in [6.07, 6.45) is -0.441. The molecule has 2 aromatic carbocycles. The molecule has 0 bridgehead atoms. The van der Waals surface area contributed by atoms with E-state index in [0.29, 0.717) is 10.5 Å². The standard InChI is InChI=1S/C18H13BrF4N2O2/c19-12-1-4-14(5-2-12)27-18(22,23)17(26,10-25-8-7-24-11-25)15-6-3-13(20)9-16(15)21/h1-9,11,26H,10H2. The van der Waals surface area contributed by atoms with Crippen molar-refractivity contribution in [1.82, 2.24) is 9.55 Å². The Labute approximate surface area is 160 Å². The second kappa shape index (κ2) is 7.32. The van der Waals surface area contributed by atoms with E-state index in [-0.39, 0.29) is 5.75 Å². The van der Waals surface area contributed by atoms with Crippen molar-refractivity contribution in [1.29, 1.82) is 0 Å². The summed E-state index contributed by atoms with van der Waals surface area (Å²) in [7, 11) is 0. The molecule has 0 radical (unpaired) electrons. The van der Waals surface area contributed by atoms with Gasteiger partial charge in [0.2, 0.25) is 5.60 Å². The summed E-state index contributed by atoms with van der Waals surface area (Å²) in [4.78, 5) is 3.72. The molecule has 1 N–H and O–H groups in total. The predicted octanol–water partition coefficient (Wildman–Crippen LogP) is 4.48. The number of hydrogen-bond acceptors (Lipinski definition) is 3. The first-order valence-electron chi connectivity index (χ1n) is 7.67. The molecule has 142 valence electrons. The van der Waals surface area contributed by atoms with Crippen molar-refractivity contribution in [2.45, 2.75) is 18.3 Å². The average molecular weight is 445 g/mol. The van der Waals surface area contributed by atoms with Crippen LogP contribution in [0.25, 0.3) is 0 Å². The molecule has 0 aliphatic heterocycles. The summed E-state index contributed by atoms with van der Waals surface area (Å²) in [5, 5.41) is 10.9. The molecule has 0 aliphatic carbocycles. The van der Waals surface area contributed by atoms with E-state index in [4.69, 9.17) is 4.74 Å². The molecule has 0 saturated heterocycles. The first-order chi connectivity index (χ1) is 12.7. The lowest BCUT2D eigenvalue weighted by Crippen LogP contribution is -2.52. The highest BCUT2D eigenvalue weighted by Gasteiger charge is 2.58. The van der Waals surface area contributed by atoms with Gasteiger partial charge in [-0.15, -0.1) is 0 Å². The normalized spacial score (nSPS) is 14.0. The topological polar surface area (TPSA) is 47.3 Å². The van der Waals surface area contributed by atoms with Crippen molar-refractivity contribution in [2.75, 3.05) is 0 Å². The molecular weight excluding hydrogens is 432 g/mol. The van der Waals surface area contributed by atoms with Crippen LogP contribution in [0.3, 0.4) is 0 Å². The van der Waals surface area contributed by atoms with Crippen molar-refractivity contribution < 1.29 is 27.4 Å². The molecule has 0 amide bonds. The summed E-state index contributed by atoms with van der Waals surface area (Å²) >= 11 is 3.17. The van der Waals surface area contributed by atoms with E-state index in [2.05, 4.69) is 20.9 Å².